The van der Waals surface area contributed by atoms with Gasteiger partial charge in [0.05, 0.1) is 13.7 Å². The van der Waals surface area contributed by atoms with Gasteiger partial charge in [-0.15, -0.1) is 0 Å². The van der Waals surface area contributed by atoms with Crippen LogP contribution in [0.1, 0.15) is 12.0 Å². The summed E-state index contributed by atoms with van der Waals surface area (Å²) >= 11 is 0. The smallest absolute Gasteiger partial charge is 0.118 e. The molecule has 0 aliphatic rings. The van der Waals surface area contributed by atoms with E-state index in [-0.39, 0.29) is 12.6 Å². The summed E-state index contributed by atoms with van der Waals surface area (Å²) < 4.78 is 10.2. The lowest BCUT2D eigenvalue weighted by atomic mass is 10.1. The van der Waals surface area contributed by atoms with Crippen LogP contribution in [0.5, 0.6) is 5.75 Å². The summed E-state index contributed by atoms with van der Waals surface area (Å²) in [5, 5.41) is 12.3. The average Bonchev–Trinajstić information content (AvgIpc) is 2.40. The van der Waals surface area contributed by atoms with Crippen molar-refractivity contribution in [1.82, 2.24) is 5.32 Å². The summed E-state index contributed by atoms with van der Waals surface area (Å²) in [6.45, 7) is 1.69. The molecule has 18 heavy (non-hydrogen) atoms. The fourth-order valence-electron chi connectivity index (χ4n) is 1.81. The first-order valence-electron chi connectivity index (χ1n) is 6.26. The van der Waals surface area contributed by atoms with Gasteiger partial charge in [-0.3, -0.25) is 0 Å². The number of hydrogen-bond donors (Lipinski definition) is 2. The van der Waals surface area contributed by atoms with Gasteiger partial charge >= 0.3 is 0 Å². The SMILES string of the molecule is COCC(CCO)NCCc1ccc(OC)cc1. The zero-order valence-electron chi connectivity index (χ0n) is 11.2. The van der Waals surface area contributed by atoms with Crippen LogP contribution in [0.2, 0.25) is 0 Å². The Balaban J connectivity index is 2.30. The van der Waals surface area contributed by atoms with Crippen LogP contribution in [-0.2, 0) is 11.2 Å². The van der Waals surface area contributed by atoms with Gasteiger partial charge in [-0.25, -0.2) is 0 Å². The van der Waals surface area contributed by atoms with Crippen molar-refractivity contribution in [1.29, 1.82) is 0 Å². The van der Waals surface area contributed by atoms with Crippen molar-refractivity contribution in [2.24, 2.45) is 0 Å². The van der Waals surface area contributed by atoms with Crippen LogP contribution in [0, 0.1) is 0 Å². The standard InChI is InChI=1S/C14H23NO3/c1-17-11-13(8-10-16)15-9-7-12-3-5-14(18-2)6-4-12/h3-6,13,15-16H,7-11H2,1-2H3. The van der Waals surface area contributed by atoms with E-state index in [1.807, 2.05) is 12.1 Å². The molecule has 0 bridgehead atoms. The Hall–Kier alpha value is -1.10. The van der Waals surface area contributed by atoms with Crippen molar-refractivity contribution < 1.29 is 14.6 Å². The molecule has 0 fully saturated rings. The third-order valence-corrected chi connectivity index (χ3v) is 2.85. The Morgan fingerprint density at radius 1 is 1.22 bits per heavy atom. The number of rotatable bonds is 9. The summed E-state index contributed by atoms with van der Waals surface area (Å²) in [5.74, 6) is 0.879. The van der Waals surface area contributed by atoms with E-state index >= 15 is 0 Å². The first kappa shape index (κ1) is 15.0. The molecular weight excluding hydrogens is 230 g/mol. The number of nitrogens with one attached hydrogen (secondary N) is 1. The highest BCUT2D eigenvalue weighted by Crippen LogP contribution is 2.11. The van der Waals surface area contributed by atoms with Gasteiger partial charge in [0.25, 0.3) is 0 Å². The number of methoxy groups -OCH3 is 2. The lowest BCUT2D eigenvalue weighted by Crippen LogP contribution is -2.35. The Labute approximate surface area is 109 Å². The van der Waals surface area contributed by atoms with Gasteiger partial charge < -0.3 is 19.9 Å². The van der Waals surface area contributed by atoms with Crippen LogP contribution in [0.4, 0.5) is 0 Å². The minimum absolute atomic E-state index is 0.184. The molecule has 0 aliphatic heterocycles. The van der Waals surface area contributed by atoms with Gasteiger partial charge in [-0.2, -0.15) is 0 Å². The number of hydrogen-bond acceptors (Lipinski definition) is 4. The molecule has 2 N–H and O–H groups in total. The molecule has 0 aromatic heterocycles. The third kappa shape index (κ3) is 5.49. The number of benzene rings is 1. The third-order valence-electron chi connectivity index (χ3n) is 2.85. The zero-order chi connectivity index (χ0) is 13.2. The molecule has 0 amide bonds. The lowest BCUT2D eigenvalue weighted by Gasteiger charge is -2.16. The van der Waals surface area contributed by atoms with E-state index in [2.05, 4.69) is 17.4 Å². The van der Waals surface area contributed by atoms with Gasteiger partial charge in [0.1, 0.15) is 5.75 Å². The average molecular weight is 253 g/mol. The molecule has 0 aliphatic carbocycles. The van der Waals surface area contributed by atoms with Crippen molar-refractivity contribution in [2.45, 2.75) is 18.9 Å². The molecule has 0 spiro atoms. The minimum atomic E-state index is 0.184. The van der Waals surface area contributed by atoms with E-state index in [1.165, 1.54) is 5.56 Å². The van der Waals surface area contributed by atoms with E-state index in [0.717, 1.165) is 25.1 Å². The quantitative estimate of drug-likeness (QED) is 0.695. The van der Waals surface area contributed by atoms with Gasteiger partial charge in [-0.05, 0) is 37.1 Å². The molecule has 4 nitrogen and oxygen atoms in total. The highest BCUT2D eigenvalue weighted by atomic mass is 16.5. The largest absolute Gasteiger partial charge is 0.497 e. The van der Waals surface area contributed by atoms with Crippen molar-refractivity contribution in [2.75, 3.05) is 34.0 Å². The molecule has 1 rings (SSSR count). The van der Waals surface area contributed by atoms with E-state index in [4.69, 9.17) is 14.6 Å². The second-order valence-corrected chi connectivity index (χ2v) is 4.22. The normalized spacial score (nSPS) is 12.4. The molecule has 0 saturated carbocycles. The molecule has 0 saturated heterocycles. The van der Waals surface area contributed by atoms with Crippen LogP contribution in [0.15, 0.2) is 24.3 Å². The topological polar surface area (TPSA) is 50.7 Å². The molecule has 0 heterocycles. The van der Waals surface area contributed by atoms with Crippen LogP contribution in [0.25, 0.3) is 0 Å². The van der Waals surface area contributed by atoms with E-state index in [9.17, 15) is 0 Å². The van der Waals surface area contributed by atoms with E-state index < -0.39 is 0 Å². The minimum Gasteiger partial charge on any atom is -0.497 e. The summed E-state index contributed by atoms with van der Waals surface area (Å²) in [7, 11) is 3.34. The summed E-state index contributed by atoms with van der Waals surface area (Å²) in [6, 6.07) is 8.29. The first-order valence-corrected chi connectivity index (χ1v) is 6.26. The molecule has 1 atom stereocenters. The number of aliphatic hydroxyl groups excluding tert-OH is 1. The first-order chi connectivity index (χ1) is 8.80. The molecule has 1 aromatic carbocycles. The predicted octanol–water partition coefficient (Wildman–Crippen LogP) is 1.22. The highest BCUT2D eigenvalue weighted by Gasteiger charge is 2.06. The summed E-state index contributed by atoms with van der Waals surface area (Å²) in [6.07, 6.45) is 1.67. The second-order valence-electron chi connectivity index (χ2n) is 4.22. The maximum absolute atomic E-state index is 8.93. The monoisotopic (exact) mass is 253 g/mol. The van der Waals surface area contributed by atoms with Crippen LogP contribution in [-0.4, -0.2) is 45.1 Å². The fourth-order valence-corrected chi connectivity index (χ4v) is 1.81. The van der Waals surface area contributed by atoms with Crippen molar-refractivity contribution in [3.63, 3.8) is 0 Å². The van der Waals surface area contributed by atoms with Crippen LogP contribution in [0.3, 0.4) is 0 Å². The van der Waals surface area contributed by atoms with Gasteiger partial charge in [0.15, 0.2) is 0 Å². The Bertz CT molecular complexity index is 307. The zero-order valence-corrected chi connectivity index (χ0v) is 11.2. The molecular formula is C14H23NO3. The molecule has 1 aromatic rings. The molecule has 0 radical (unpaired) electrons. The van der Waals surface area contributed by atoms with Gasteiger partial charge in [-0.1, -0.05) is 12.1 Å². The molecule has 1 unspecified atom stereocenters. The Morgan fingerprint density at radius 2 is 1.94 bits per heavy atom. The van der Waals surface area contributed by atoms with Crippen LogP contribution >= 0.6 is 0 Å². The maximum atomic E-state index is 8.93. The lowest BCUT2D eigenvalue weighted by molar-refractivity contribution is 0.149. The van der Waals surface area contributed by atoms with Gasteiger partial charge in [0.2, 0.25) is 0 Å². The van der Waals surface area contributed by atoms with Crippen molar-refractivity contribution >= 4 is 0 Å². The highest BCUT2D eigenvalue weighted by molar-refractivity contribution is 5.27. The number of ether oxygens (including phenoxy) is 2. The van der Waals surface area contributed by atoms with E-state index in [0.29, 0.717) is 6.61 Å². The van der Waals surface area contributed by atoms with Crippen LogP contribution < -0.4 is 10.1 Å². The molecule has 102 valence electrons. The fraction of sp³-hybridized carbons (Fsp3) is 0.571. The summed E-state index contributed by atoms with van der Waals surface area (Å²) in [5.41, 5.74) is 1.27. The van der Waals surface area contributed by atoms with Crippen molar-refractivity contribution in [3.8, 4) is 5.75 Å². The summed E-state index contributed by atoms with van der Waals surface area (Å²) in [4.78, 5) is 0. The van der Waals surface area contributed by atoms with E-state index in [1.54, 1.807) is 14.2 Å². The Morgan fingerprint density at radius 3 is 2.50 bits per heavy atom. The second kappa shape index (κ2) is 8.91. The molecule has 4 heteroatoms. The maximum Gasteiger partial charge on any atom is 0.118 e. The Kier molecular flexibility index (Phi) is 7.41. The van der Waals surface area contributed by atoms with Gasteiger partial charge in [0, 0.05) is 19.8 Å². The number of aliphatic hydroxyl groups is 1. The predicted molar refractivity (Wildman–Crippen MR) is 72.1 cm³/mol. The van der Waals surface area contributed by atoms with Crippen molar-refractivity contribution in [3.05, 3.63) is 29.8 Å².